The molecule has 5 heteroatoms. The molecular formula is C14H24N2O2S. The lowest BCUT2D eigenvalue weighted by atomic mass is 10.0. The molecule has 0 bridgehead atoms. The van der Waals surface area contributed by atoms with Crippen LogP contribution in [0, 0.1) is 12.8 Å². The van der Waals surface area contributed by atoms with Crippen molar-refractivity contribution >= 4 is 15.7 Å². The third-order valence-corrected chi connectivity index (χ3v) is 4.03. The first-order valence-electron chi connectivity index (χ1n) is 6.60. The number of hydrogen-bond acceptors (Lipinski definition) is 3. The van der Waals surface area contributed by atoms with Crippen LogP contribution in [0.4, 0.5) is 5.69 Å². The largest absolute Gasteiger partial charge is 0.382 e. The second-order valence-electron chi connectivity index (χ2n) is 5.54. The number of nitrogens with one attached hydrogen (secondary N) is 1. The van der Waals surface area contributed by atoms with Gasteiger partial charge in [0.15, 0.2) is 0 Å². The van der Waals surface area contributed by atoms with Crippen molar-refractivity contribution in [2.45, 2.75) is 51.5 Å². The number of sulfonamides is 1. The molecule has 3 N–H and O–H groups in total. The summed E-state index contributed by atoms with van der Waals surface area (Å²) in [5, 5.41) is 8.51. The Balaban J connectivity index is 2.83. The van der Waals surface area contributed by atoms with Crippen molar-refractivity contribution in [3.63, 3.8) is 0 Å². The van der Waals surface area contributed by atoms with Crippen molar-refractivity contribution < 1.29 is 8.42 Å². The molecule has 0 saturated heterocycles. The van der Waals surface area contributed by atoms with Gasteiger partial charge in [-0.2, -0.15) is 0 Å². The Morgan fingerprint density at radius 1 is 1.21 bits per heavy atom. The lowest BCUT2D eigenvalue weighted by molar-refractivity contribution is 0.527. The average molecular weight is 284 g/mol. The molecule has 0 radical (unpaired) electrons. The molecule has 1 aromatic carbocycles. The lowest BCUT2D eigenvalue weighted by Crippen LogP contribution is -2.18. The average Bonchev–Trinajstić information content (AvgIpc) is 2.28. The first-order chi connectivity index (χ1) is 8.70. The van der Waals surface area contributed by atoms with Gasteiger partial charge in [-0.3, -0.25) is 0 Å². The van der Waals surface area contributed by atoms with Gasteiger partial charge >= 0.3 is 0 Å². The minimum atomic E-state index is -3.64. The Morgan fingerprint density at radius 2 is 1.84 bits per heavy atom. The molecule has 1 rings (SSSR count). The van der Waals surface area contributed by atoms with Crippen molar-refractivity contribution in [1.29, 1.82) is 0 Å². The maximum absolute atomic E-state index is 11.3. The van der Waals surface area contributed by atoms with Crippen LogP contribution >= 0.6 is 0 Å². The standard InChI is InChI=1S/C14H24N2O2S/c1-10(2)5-7-12(4)16-14-9-13(19(15,17)18)8-6-11(14)3/h6,8-10,12,16H,5,7H2,1-4H3,(H2,15,17,18). The topological polar surface area (TPSA) is 72.2 Å². The molecule has 1 aromatic rings. The molecule has 1 atom stereocenters. The third kappa shape index (κ3) is 5.20. The summed E-state index contributed by atoms with van der Waals surface area (Å²) in [7, 11) is -3.64. The Hall–Kier alpha value is -1.07. The first kappa shape index (κ1) is 16.0. The van der Waals surface area contributed by atoms with Crippen LogP contribution in [-0.4, -0.2) is 14.5 Å². The van der Waals surface area contributed by atoms with E-state index >= 15 is 0 Å². The van der Waals surface area contributed by atoms with E-state index in [1.807, 2.05) is 6.92 Å². The minimum absolute atomic E-state index is 0.150. The number of primary sulfonamides is 1. The maximum atomic E-state index is 11.3. The van der Waals surface area contributed by atoms with Crippen molar-refractivity contribution in [2.75, 3.05) is 5.32 Å². The molecular weight excluding hydrogens is 260 g/mol. The van der Waals surface area contributed by atoms with Gasteiger partial charge in [-0.25, -0.2) is 13.6 Å². The number of nitrogens with two attached hydrogens (primary N) is 1. The second kappa shape index (κ2) is 6.39. The minimum Gasteiger partial charge on any atom is -0.382 e. The van der Waals surface area contributed by atoms with E-state index in [9.17, 15) is 8.42 Å². The summed E-state index contributed by atoms with van der Waals surface area (Å²) in [6.07, 6.45) is 2.19. The predicted octanol–water partition coefficient (Wildman–Crippen LogP) is 2.88. The van der Waals surface area contributed by atoms with Gasteiger partial charge in [0.25, 0.3) is 0 Å². The predicted molar refractivity (Wildman–Crippen MR) is 79.7 cm³/mol. The van der Waals surface area contributed by atoms with Gasteiger partial charge in [0.1, 0.15) is 0 Å². The van der Waals surface area contributed by atoms with Crippen molar-refractivity contribution in [3.05, 3.63) is 23.8 Å². The van der Waals surface area contributed by atoms with Crippen LogP contribution in [0.5, 0.6) is 0 Å². The number of hydrogen-bond donors (Lipinski definition) is 2. The van der Waals surface area contributed by atoms with Gasteiger partial charge in [-0.1, -0.05) is 19.9 Å². The summed E-state index contributed by atoms with van der Waals surface area (Å²) < 4.78 is 22.7. The summed E-state index contributed by atoms with van der Waals surface area (Å²) in [6.45, 7) is 8.44. The lowest BCUT2D eigenvalue weighted by Gasteiger charge is -2.18. The number of rotatable bonds is 6. The quantitative estimate of drug-likeness (QED) is 0.843. The van der Waals surface area contributed by atoms with Crippen molar-refractivity contribution in [2.24, 2.45) is 11.1 Å². The van der Waals surface area contributed by atoms with Gasteiger partial charge in [0, 0.05) is 11.7 Å². The Morgan fingerprint density at radius 3 is 2.37 bits per heavy atom. The Kier molecular flexibility index (Phi) is 5.38. The van der Waals surface area contributed by atoms with E-state index in [1.54, 1.807) is 12.1 Å². The molecule has 0 fully saturated rings. The van der Waals surface area contributed by atoms with Crippen molar-refractivity contribution in [3.8, 4) is 0 Å². The van der Waals surface area contributed by atoms with Gasteiger partial charge in [0.2, 0.25) is 10.0 Å². The summed E-state index contributed by atoms with van der Waals surface area (Å²) in [4.78, 5) is 0.150. The number of benzene rings is 1. The first-order valence-corrected chi connectivity index (χ1v) is 8.14. The molecule has 0 saturated carbocycles. The fraction of sp³-hybridized carbons (Fsp3) is 0.571. The van der Waals surface area contributed by atoms with Gasteiger partial charge in [-0.15, -0.1) is 0 Å². The van der Waals surface area contributed by atoms with E-state index in [2.05, 4.69) is 26.1 Å². The van der Waals surface area contributed by atoms with E-state index < -0.39 is 10.0 Å². The van der Waals surface area contributed by atoms with Crippen molar-refractivity contribution in [1.82, 2.24) is 0 Å². The summed E-state index contributed by atoms with van der Waals surface area (Å²) in [5.41, 5.74) is 1.85. The van der Waals surface area contributed by atoms with E-state index in [0.717, 1.165) is 24.1 Å². The van der Waals surface area contributed by atoms with Crippen LogP contribution in [0.15, 0.2) is 23.1 Å². The summed E-state index contributed by atoms with van der Waals surface area (Å²) >= 11 is 0. The Labute approximate surface area is 116 Å². The van der Waals surface area contributed by atoms with Crippen LogP contribution in [-0.2, 0) is 10.0 Å². The molecule has 0 aliphatic rings. The van der Waals surface area contributed by atoms with E-state index in [4.69, 9.17) is 5.14 Å². The van der Waals surface area contributed by atoms with Crippen LogP contribution in [0.25, 0.3) is 0 Å². The molecule has 0 heterocycles. The molecule has 1 unspecified atom stereocenters. The van der Waals surface area contributed by atoms with Crippen LogP contribution < -0.4 is 10.5 Å². The molecule has 19 heavy (non-hydrogen) atoms. The highest BCUT2D eigenvalue weighted by molar-refractivity contribution is 7.89. The molecule has 4 nitrogen and oxygen atoms in total. The molecule has 0 aliphatic carbocycles. The highest BCUT2D eigenvalue weighted by Gasteiger charge is 2.11. The molecule has 0 spiro atoms. The van der Waals surface area contributed by atoms with Crippen LogP contribution in [0.3, 0.4) is 0 Å². The SMILES string of the molecule is Cc1ccc(S(N)(=O)=O)cc1NC(C)CCC(C)C. The zero-order valence-corrected chi connectivity index (χ0v) is 12.9. The van der Waals surface area contributed by atoms with Crippen LogP contribution in [0.2, 0.25) is 0 Å². The fourth-order valence-corrected chi connectivity index (χ4v) is 2.39. The molecule has 0 aromatic heterocycles. The van der Waals surface area contributed by atoms with Crippen LogP contribution in [0.1, 0.15) is 39.2 Å². The molecule has 108 valence electrons. The smallest absolute Gasteiger partial charge is 0.238 e. The third-order valence-electron chi connectivity index (χ3n) is 3.12. The Bertz CT molecular complexity index is 524. The van der Waals surface area contributed by atoms with E-state index in [-0.39, 0.29) is 4.90 Å². The monoisotopic (exact) mass is 284 g/mol. The molecule has 0 amide bonds. The highest BCUT2D eigenvalue weighted by atomic mass is 32.2. The number of aryl methyl sites for hydroxylation is 1. The highest BCUT2D eigenvalue weighted by Crippen LogP contribution is 2.21. The van der Waals surface area contributed by atoms with E-state index in [0.29, 0.717) is 12.0 Å². The maximum Gasteiger partial charge on any atom is 0.238 e. The van der Waals surface area contributed by atoms with Gasteiger partial charge < -0.3 is 5.32 Å². The number of anilines is 1. The van der Waals surface area contributed by atoms with E-state index in [1.165, 1.54) is 6.07 Å². The fourth-order valence-electron chi connectivity index (χ4n) is 1.85. The summed E-state index contributed by atoms with van der Waals surface area (Å²) in [6, 6.07) is 5.22. The van der Waals surface area contributed by atoms with Gasteiger partial charge in [-0.05, 0) is 50.3 Å². The summed E-state index contributed by atoms with van der Waals surface area (Å²) in [5.74, 6) is 0.668. The zero-order chi connectivity index (χ0) is 14.6. The second-order valence-corrected chi connectivity index (χ2v) is 7.10. The zero-order valence-electron chi connectivity index (χ0n) is 12.1. The van der Waals surface area contributed by atoms with Gasteiger partial charge in [0.05, 0.1) is 4.90 Å². The molecule has 0 aliphatic heterocycles. The normalized spacial score (nSPS) is 13.6.